The minimum atomic E-state index is -0.433. The van der Waals surface area contributed by atoms with Gasteiger partial charge in [-0.1, -0.05) is 78.9 Å². The minimum Gasteiger partial charge on any atom is -0.446 e. The van der Waals surface area contributed by atoms with Crippen LogP contribution < -0.4 is 5.32 Å². The normalized spacial score (nSPS) is 14.1. The summed E-state index contributed by atoms with van der Waals surface area (Å²) in [5.74, 6) is 0. The summed E-state index contributed by atoms with van der Waals surface area (Å²) >= 11 is 0. The lowest BCUT2D eigenvalue weighted by atomic mass is 10.0. The van der Waals surface area contributed by atoms with Crippen LogP contribution in [0.1, 0.15) is 18.4 Å². The van der Waals surface area contributed by atoms with Crippen LogP contribution in [0.2, 0.25) is 0 Å². The molecule has 0 spiro atoms. The van der Waals surface area contributed by atoms with Gasteiger partial charge in [-0.05, 0) is 30.0 Å². The van der Waals surface area contributed by atoms with Gasteiger partial charge in [0.25, 0.3) is 0 Å². The molecule has 0 saturated carbocycles. The number of ether oxygens (including phenoxy) is 2. The zero-order valence-electron chi connectivity index (χ0n) is 20.6. The van der Waals surface area contributed by atoms with Gasteiger partial charge in [0, 0.05) is 38.8 Å². The van der Waals surface area contributed by atoms with Gasteiger partial charge in [0.15, 0.2) is 0 Å². The van der Waals surface area contributed by atoms with E-state index >= 15 is 0 Å². The second-order valence-corrected chi connectivity index (χ2v) is 8.94. The lowest BCUT2D eigenvalue weighted by Crippen LogP contribution is -2.42. The topological polar surface area (TPSA) is 71.1 Å². The third kappa shape index (κ3) is 7.33. The summed E-state index contributed by atoms with van der Waals surface area (Å²) in [6.07, 6.45) is 0.632. The van der Waals surface area contributed by atoms with Crippen molar-refractivity contribution in [2.75, 3.05) is 38.5 Å². The molecule has 4 rings (SSSR count). The number of carbonyl (C=O) groups is 2. The van der Waals surface area contributed by atoms with Crippen molar-refractivity contribution in [1.29, 1.82) is 0 Å². The predicted molar refractivity (Wildman–Crippen MR) is 141 cm³/mol. The van der Waals surface area contributed by atoms with Gasteiger partial charge < -0.3 is 19.3 Å². The van der Waals surface area contributed by atoms with Crippen molar-refractivity contribution in [3.63, 3.8) is 0 Å². The Morgan fingerprint density at radius 2 is 1.56 bits per heavy atom. The maximum Gasteiger partial charge on any atom is 0.411 e. The highest BCUT2D eigenvalue weighted by atomic mass is 16.6. The van der Waals surface area contributed by atoms with Crippen molar-refractivity contribution < 1.29 is 19.1 Å². The molecule has 36 heavy (non-hydrogen) atoms. The number of hydrogen-bond acceptors (Lipinski definition) is 5. The van der Waals surface area contributed by atoms with Crippen LogP contribution in [-0.4, -0.2) is 61.3 Å². The molecule has 1 aliphatic heterocycles. The minimum absolute atomic E-state index is 0.126. The standard InChI is InChI=1S/C29H33N3O4/c1-31(29(34)35-22-23-10-4-2-5-11-23)20-21-32-18-16-25(17-19-32)36-28(33)30-27-15-9-8-14-26(27)24-12-6-3-7-13-24/h2-15,25H,16-22H2,1H3,(H,30,33). The molecule has 0 bridgehead atoms. The van der Waals surface area contributed by atoms with Gasteiger partial charge in [-0.25, -0.2) is 9.59 Å². The summed E-state index contributed by atoms with van der Waals surface area (Å²) in [5.41, 5.74) is 3.69. The summed E-state index contributed by atoms with van der Waals surface area (Å²) in [4.78, 5) is 28.7. The predicted octanol–water partition coefficient (Wildman–Crippen LogP) is 5.64. The number of carbonyl (C=O) groups excluding carboxylic acids is 2. The highest BCUT2D eigenvalue weighted by Crippen LogP contribution is 2.28. The molecule has 1 saturated heterocycles. The van der Waals surface area contributed by atoms with E-state index in [-0.39, 0.29) is 18.8 Å². The Morgan fingerprint density at radius 1 is 0.917 bits per heavy atom. The van der Waals surface area contributed by atoms with Gasteiger partial charge in [0.1, 0.15) is 12.7 Å². The second-order valence-electron chi connectivity index (χ2n) is 8.94. The van der Waals surface area contributed by atoms with E-state index < -0.39 is 6.09 Å². The van der Waals surface area contributed by atoms with Crippen molar-refractivity contribution in [3.8, 4) is 11.1 Å². The van der Waals surface area contributed by atoms with E-state index in [1.807, 2.05) is 84.9 Å². The van der Waals surface area contributed by atoms with Crippen LogP contribution in [0, 0.1) is 0 Å². The van der Waals surface area contributed by atoms with Gasteiger partial charge in [0.2, 0.25) is 0 Å². The average Bonchev–Trinajstić information content (AvgIpc) is 2.92. The number of piperidine rings is 1. The molecule has 1 fully saturated rings. The second kappa shape index (κ2) is 12.7. The smallest absolute Gasteiger partial charge is 0.411 e. The summed E-state index contributed by atoms with van der Waals surface area (Å²) < 4.78 is 11.1. The lowest BCUT2D eigenvalue weighted by Gasteiger charge is -2.32. The van der Waals surface area contributed by atoms with Gasteiger partial charge in [-0.3, -0.25) is 5.32 Å². The number of hydrogen-bond donors (Lipinski definition) is 1. The van der Waals surface area contributed by atoms with Gasteiger partial charge in [0.05, 0.1) is 5.69 Å². The van der Waals surface area contributed by atoms with Crippen LogP contribution in [0.3, 0.4) is 0 Å². The molecule has 3 aromatic rings. The largest absolute Gasteiger partial charge is 0.446 e. The molecular formula is C29H33N3O4. The fourth-order valence-electron chi connectivity index (χ4n) is 4.22. The van der Waals surface area contributed by atoms with Crippen LogP contribution in [0.4, 0.5) is 15.3 Å². The van der Waals surface area contributed by atoms with Crippen molar-refractivity contribution in [2.45, 2.75) is 25.6 Å². The zero-order valence-corrected chi connectivity index (χ0v) is 20.6. The number of nitrogens with zero attached hydrogens (tertiary/aromatic N) is 2. The average molecular weight is 488 g/mol. The SMILES string of the molecule is CN(CCN1CCC(OC(=O)Nc2ccccc2-c2ccccc2)CC1)C(=O)OCc1ccccc1. The third-order valence-electron chi connectivity index (χ3n) is 6.33. The number of benzene rings is 3. The molecule has 3 aromatic carbocycles. The first-order valence-corrected chi connectivity index (χ1v) is 12.3. The molecule has 7 nitrogen and oxygen atoms in total. The van der Waals surface area contributed by atoms with E-state index in [0.29, 0.717) is 6.54 Å². The molecule has 0 radical (unpaired) electrons. The number of amides is 2. The molecule has 0 atom stereocenters. The van der Waals surface area contributed by atoms with Crippen LogP contribution in [-0.2, 0) is 16.1 Å². The van der Waals surface area contributed by atoms with E-state index in [4.69, 9.17) is 9.47 Å². The summed E-state index contributed by atoms with van der Waals surface area (Å²) in [5, 5.41) is 2.91. The zero-order chi connectivity index (χ0) is 25.2. The number of likely N-dealkylation sites (tertiary alicyclic amines) is 1. The van der Waals surface area contributed by atoms with Crippen molar-refractivity contribution in [3.05, 3.63) is 90.5 Å². The first-order chi connectivity index (χ1) is 17.6. The molecule has 1 N–H and O–H groups in total. The summed E-state index contributed by atoms with van der Waals surface area (Å²) in [6, 6.07) is 27.3. The molecule has 2 amide bonds. The monoisotopic (exact) mass is 487 g/mol. The Hall–Kier alpha value is -3.84. The molecule has 0 aliphatic carbocycles. The van der Waals surface area contributed by atoms with E-state index in [2.05, 4.69) is 10.2 Å². The molecule has 7 heteroatoms. The number of anilines is 1. The van der Waals surface area contributed by atoms with E-state index in [1.165, 1.54) is 0 Å². The molecule has 0 unspecified atom stereocenters. The molecule has 0 aromatic heterocycles. The summed E-state index contributed by atoms with van der Waals surface area (Å²) in [7, 11) is 1.75. The van der Waals surface area contributed by atoms with Crippen LogP contribution in [0.25, 0.3) is 11.1 Å². The maximum atomic E-state index is 12.6. The first kappa shape index (κ1) is 25.3. The van der Waals surface area contributed by atoms with Crippen molar-refractivity contribution in [1.82, 2.24) is 9.80 Å². The number of nitrogens with one attached hydrogen (secondary N) is 1. The van der Waals surface area contributed by atoms with Gasteiger partial charge in [-0.2, -0.15) is 0 Å². The highest BCUT2D eigenvalue weighted by Gasteiger charge is 2.23. The van der Waals surface area contributed by atoms with Crippen LogP contribution in [0.5, 0.6) is 0 Å². The number of rotatable bonds is 8. The first-order valence-electron chi connectivity index (χ1n) is 12.3. The van der Waals surface area contributed by atoms with E-state index in [1.54, 1.807) is 11.9 Å². The molecule has 188 valence electrons. The van der Waals surface area contributed by atoms with Crippen molar-refractivity contribution in [2.24, 2.45) is 0 Å². The fraction of sp³-hybridized carbons (Fsp3) is 0.310. The Kier molecular flexibility index (Phi) is 8.94. The Labute approximate surface area is 212 Å². The van der Waals surface area contributed by atoms with Gasteiger partial charge in [-0.15, -0.1) is 0 Å². The quantitative estimate of drug-likeness (QED) is 0.446. The van der Waals surface area contributed by atoms with Crippen molar-refractivity contribution >= 4 is 17.9 Å². The lowest BCUT2D eigenvalue weighted by molar-refractivity contribution is 0.0543. The van der Waals surface area contributed by atoms with Gasteiger partial charge >= 0.3 is 12.2 Å². The Morgan fingerprint density at radius 3 is 2.28 bits per heavy atom. The van der Waals surface area contributed by atoms with Crippen LogP contribution >= 0.6 is 0 Å². The number of likely N-dealkylation sites (N-methyl/N-ethyl adjacent to an activating group) is 1. The fourth-order valence-corrected chi connectivity index (χ4v) is 4.22. The molecule has 1 heterocycles. The Balaban J connectivity index is 1.17. The van der Waals surface area contributed by atoms with E-state index in [0.717, 1.165) is 54.9 Å². The number of para-hydroxylation sites is 1. The highest BCUT2D eigenvalue weighted by molar-refractivity contribution is 5.91. The molecular weight excluding hydrogens is 454 g/mol. The summed E-state index contributed by atoms with van der Waals surface area (Å²) in [6.45, 7) is 3.22. The van der Waals surface area contributed by atoms with E-state index in [9.17, 15) is 9.59 Å². The Bertz CT molecular complexity index is 1120. The van der Waals surface area contributed by atoms with Crippen LogP contribution in [0.15, 0.2) is 84.9 Å². The third-order valence-corrected chi connectivity index (χ3v) is 6.33. The molecule has 1 aliphatic rings. The maximum absolute atomic E-state index is 12.6.